The van der Waals surface area contributed by atoms with E-state index < -0.39 is 10.0 Å². The second kappa shape index (κ2) is 5.23. The number of rotatable bonds is 4. The van der Waals surface area contributed by atoms with Crippen LogP contribution in [0.4, 0.5) is 11.5 Å². The van der Waals surface area contributed by atoms with Gasteiger partial charge in [-0.2, -0.15) is 0 Å². The van der Waals surface area contributed by atoms with Gasteiger partial charge in [-0.1, -0.05) is 0 Å². The molecular weight excluding hydrogens is 264 g/mol. The molecule has 0 radical (unpaired) electrons. The normalized spacial score (nSPS) is 11.1. The van der Waals surface area contributed by atoms with Crippen LogP contribution in [0, 0.1) is 6.92 Å². The lowest BCUT2D eigenvalue weighted by atomic mass is 10.3. The molecule has 2 N–H and O–H groups in total. The molecule has 0 aromatic carbocycles. The lowest BCUT2D eigenvalue weighted by Gasteiger charge is -2.11. The number of hydrogen-bond acceptors (Lipinski definition) is 5. The van der Waals surface area contributed by atoms with Crippen molar-refractivity contribution in [1.82, 2.24) is 9.97 Å². The van der Waals surface area contributed by atoms with Crippen LogP contribution in [-0.4, -0.2) is 25.4 Å². The Bertz CT molecular complexity index is 686. The number of hydrogen-bond donors (Lipinski definition) is 2. The second-order valence-corrected chi connectivity index (χ2v) is 5.61. The van der Waals surface area contributed by atoms with Gasteiger partial charge in [-0.15, -0.1) is 0 Å². The summed E-state index contributed by atoms with van der Waals surface area (Å²) in [5.41, 5.74) is 1.30. The second-order valence-electron chi connectivity index (χ2n) is 3.96. The van der Waals surface area contributed by atoms with E-state index in [1.807, 2.05) is 6.92 Å². The summed E-state index contributed by atoms with van der Waals surface area (Å²) in [7, 11) is -2.07. The molecule has 2 aromatic heterocycles. The zero-order chi connectivity index (χ0) is 13.9. The molecule has 0 bridgehead atoms. The highest BCUT2D eigenvalue weighted by molar-refractivity contribution is 7.92. The number of pyridine rings is 2. The number of sulfonamides is 1. The first-order valence-electron chi connectivity index (χ1n) is 5.60. The first kappa shape index (κ1) is 13.3. The maximum Gasteiger partial charge on any atom is 0.265 e. The third-order valence-electron chi connectivity index (χ3n) is 2.42. The maximum atomic E-state index is 12.3. The Morgan fingerprint density at radius 3 is 2.74 bits per heavy atom. The molecule has 6 nitrogen and oxygen atoms in total. The molecule has 0 amide bonds. The molecule has 2 heterocycles. The third-order valence-corrected chi connectivity index (χ3v) is 3.84. The van der Waals surface area contributed by atoms with Crippen molar-refractivity contribution in [2.24, 2.45) is 0 Å². The van der Waals surface area contributed by atoms with Crippen LogP contribution in [0.15, 0.2) is 41.7 Å². The van der Waals surface area contributed by atoms with E-state index in [0.717, 1.165) is 5.56 Å². The number of nitrogens with zero attached hydrogens (tertiary/aromatic N) is 2. The summed E-state index contributed by atoms with van der Waals surface area (Å²) in [5.74, 6) is 0.301. The Labute approximate surface area is 112 Å². The Morgan fingerprint density at radius 2 is 2.05 bits per heavy atom. The zero-order valence-electron chi connectivity index (χ0n) is 10.6. The summed E-state index contributed by atoms with van der Waals surface area (Å²) in [5, 5.41) is 2.75. The summed E-state index contributed by atoms with van der Waals surface area (Å²) in [6.07, 6.45) is 4.64. The maximum absolute atomic E-state index is 12.3. The molecule has 0 unspecified atom stereocenters. The summed E-state index contributed by atoms with van der Waals surface area (Å²) in [6.45, 7) is 1.84. The van der Waals surface area contributed by atoms with E-state index in [4.69, 9.17) is 0 Å². The molecule has 0 aliphatic rings. The van der Waals surface area contributed by atoms with Gasteiger partial charge >= 0.3 is 0 Å². The van der Waals surface area contributed by atoms with E-state index in [9.17, 15) is 8.42 Å². The number of aromatic nitrogens is 2. The van der Waals surface area contributed by atoms with Crippen LogP contribution in [0.5, 0.6) is 0 Å². The lowest BCUT2D eigenvalue weighted by Crippen LogP contribution is -2.15. The highest BCUT2D eigenvalue weighted by Gasteiger charge is 2.18. The minimum Gasteiger partial charge on any atom is -0.372 e. The fourth-order valence-electron chi connectivity index (χ4n) is 1.62. The predicted molar refractivity (Wildman–Crippen MR) is 73.6 cm³/mol. The zero-order valence-corrected chi connectivity index (χ0v) is 11.4. The topological polar surface area (TPSA) is 84.0 Å². The first-order valence-corrected chi connectivity index (χ1v) is 7.08. The third kappa shape index (κ3) is 3.00. The van der Waals surface area contributed by atoms with Gasteiger partial charge < -0.3 is 5.32 Å². The molecule has 0 aliphatic heterocycles. The molecule has 0 atom stereocenters. The number of anilines is 2. The van der Waals surface area contributed by atoms with E-state index >= 15 is 0 Å². The van der Waals surface area contributed by atoms with Gasteiger partial charge in [-0.3, -0.25) is 9.71 Å². The molecule has 0 saturated heterocycles. The highest BCUT2D eigenvalue weighted by Crippen LogP contribution is 2.21. The van der Waals surface area contributed by atoms with E-state index in [2.05, 4.69) is 20.0 Å². The number of nitrogens with one attached hydrogen (secondary N) is 2. The minimum atomic E-state index is -3.69. The molecule has 19 heavy (non-hydrogen) atoms. The van der Waals surface area contributed by atoms with Crippen molar-refractivity contribution in [2.75, 3.05) is 17.1 Å². The Hall–Kier alpha value is -2.15. The van der Waals surface area contributed by atoms with Gasteiger partial charge in [0.1, 0.15) is 10.7 Å². The van der Waals surface area contributed by atoms with Gasteiger partial charge in [0.05, 0.1) is 11.9 Å². The van der Waals surface area contributed by atoms with Crippen LogP contribution in [0.25, 0.3) is 0 Å². The Balaban J connectivity index is 2.38. The molecular formula is C12H14N4O2S. The molecule has 0 spiro atoms. The van der Waals surface area contributed by atoms with Crippen LogP contribution in [0.2, 0.25) is 0 Å². The van der Waals surface area contributed by atoms with Gasteiger partial charge in [0.25, 0.3) is 10.0 Å². The first-order chi connectivity index (χ1) is 9.03. The van der Waals surface area contributed by atoms with Crippen LogP contribution in [0.3, 0.4) is 0 Å². The highest BCUT2D eigenvalue weighted by atomic mass is 32.2. The Morgan fingerprint density at radius 1 is 1.26 bits per heavy atom. The fraction of sp³-hybridized carbons (Fsp3) is 0.167. The average Bonchev–Trinajstić information content (AvgIpc) is 2.38. The van der Waals surface area contributed by atoms with Gasteiger partial charge in [0.2, 0.25) is 0 Å². The van der Waals surface area contributed by atoms with Crippen molar-refractivity contribution in [3.8, 4) is 0 Å². The average molecular weight is 278 g/mol. The standard InChI is InChI=1S/C12H14N4O2S/c1-9-6-10(8-14-7-9)16-19(17,18)11-4-3-5-15-12(11)13-2/h3-8,16H,1-2H3,(H,13,15). The number of aryl methyl sites for hydroxylation is 1. The fourth-order valence-corrected chi connectivity index (χ4v) is 2.81. The van der Waals surface area contributed by atoms with Crippen molar-refractivity contribution >= 4 is 21.5 Å². The molecule has 7 heteroatoms. The quantitative estimate of drug-likeness (QED) is 0.888. The van der Waals surface area contributed by atoms with Gasteiger partial charge in [0, 0.05) is 19.4 Å². The molecule has 0 fully saturated rings. The Kier molecular flexibility index (Phi) is 3.66. The SMILES string of the molecule is CNc1ncccc1S(=O)(=O)Nc1cncc(C)c1. The van der Waals surface area contributed by atoms with Crippen LogP contribution in [0.1, 0.15) is 5.56 Å². The van der Waals surface area contributed by atoms with E-state index in [0.29, 0.717) is 11.5 Å². The summed E-state index contributed by atoms with van der Waals surface area (Å²) in [4.78, 5) is 8.02. The molecule has 2 rings (SSSR count). The predicted octanol–water partition coefficient (Wildman–Crippen LogP) is 1.63. The monoisotopic (exact) mass is 278 g/mol. The van der Waals surface area contributed by atoms with Crippen molar-refractivity contribution < 1.29 is 8.42 Å². The summed E-state index contributed by atoms with van der Waals surface area (Å²) < 4.78 is 27.0. The van der Waals surface area contributed by atoms with E-state index in [-0.39, 0.29) is 4.90 Å². The van der Waals surface area contributed by atoms with Crippen molar-refractivity contribution in [3.63, 3.8) is 0 Å². The van der Waals surface area contributed by atoms with Crippen LogP contribution < -0.4 is 10.0 Å². The van der Waals surface area contributed by atoms with E-state index in [1.165, 1.54) is 18.5 Å². The minimum absolute atomic E-state index is 0.0963. The van der Waals surface area contributed by atoms with Gasteiger partial charge in [0.15, 0.2) is 0 Å². The van der Waals surface area contributed by atoms with Gasteiger partial charge in [-0.25, -0.2) is 13.4 Å². The smallest absolute Gasteiger partial charge is 0.265 e. The summed E-state index contributed by atoms with van der Waals surface area (Å²) >= 11 is 0. The lowest BCUT2D eigenvalue weighted by molar-refractivity contribution is 0.601. The van der Waals surface area contributed by atoms with Crippen LogP contribution in [-0.2, 0) is 10.0 Å². The molecule has 2 aromatic rings. The summed E-state index contributed by atoms with van der Waals surface area (Å²) in [6, 6.07) is 4.77. The molecule has 0 aliphatic carbocycles. The van der Waals surface area contributed by atoms with Gasteiger partial charge in [-0.05, 0) is 30.7 Å². The van der Waals surface area contributed by atoms with E-state index in [1.54, 1.807) is 25.4 Å². The molecule has 100 valence electrons. The molecule has 0 saturated carbocycles. The van der Waals surface area contributed by atoms with Crippen molar-refractivity contribution in [1.29, 1.82) is 0 Å². The van der Waals surface area contributed by atoms with Crippen molar-refractivity contribution in [3.05, 3.63) is 42.4 Å². The largest absolute Gasteiger partial charge is 0.372 e. The van der Waals surface area contributed by atoms with Crippen molar-refractivity contribution in [2.45, 2.75) is 11.8 Å². The van der Waals surface area contributed by atoms with Crippen LogP contribution >= 0.6 is 0 Å².